The Morgan fingerprint density at radius 3 is 2.73 bits per heavy atom. The molecule has 0 saturated carbocycles. The number of ketones is 1. The molecule has 2 heterocycles. The summed E-state index contributed by atoms with van der Waals surface area (Å²) in [4.78, 5) is 16.8. The van der Waals surface area contributed by atoms with Gasteiger partial charge >= 0.3 is 6.18 Å². The molecule has 0 amide bonds. The van der Waals surface area contributed by atoms with Gasteiger partial charge in [-0.25, -0.2) is 0 Å². The van der Waals surface area contributed by atoms with Crippen molar-refractivity contribution < 1.29 is 27.4 Å². The molecule has 2 aromatic rings. The van der Waals surface area contributed by atoms with Crippen molar-refractivity contribution in [2.75, 3.05) is 13.8 Å². The van der Waals surface area contributed by atoms with E-state index in [2.05, 4.69) is 10.3 Å². The summed E-state index contributed by atoms with van der Waals surface area (Å²) in [6.45, 7) is 0.0326. The maximum absolute atomic E-state index is 13.0. The number of ether oxygens (including phenoxy) is 2. The van der Waals surface area contributed by atoms with Gasteiger partial charge in [-0.05, 0) is 23.8 Å². The van der Waals surface area contributed by atoms with Crippen LogP contribution in [0.4, 0.5) is 13.2 Å². The van der Waals surface area contributed by atoms with Crippen molar-refractivity contribution in [1.29, 1.82) is 0 Å². The van der Waals surface area contributed by atoms with E-state index in [9.17, 15) is 18.0 Å². The van der Waals surface area contributed by atoms with E-state index in [4.69, 9.17) is 9.47 Å². The van der Waals surface area contributed by atoms with E-state index in [-0.39, 0.29) is 23.8 Å². The zero-order valence-electron chi connectivity index (χ0n) is 13.7. The van der Waals surface area contributed by atoms with Gasteiger partial charge in [0.15, 0.2) is 6.10 Å². The maximum atomic E-state index is 13.0. The average Bonchev–Trinajstić information content (AvgIpc) is 2.96. The molecule has 1 aromatic carbocycles. The summed E-state index contributed by atoms with van der Waals surface area (Å²) < 4.78 is 49.6. The van der Waals surface area contributed by atoms with Gasteiger partial charge in [0.05, 0.1) is 11.1 Å². The van der Waals surface area contributed by atoms with Gasteiger partial charge in [0.25, 0.3) is 0 Å². The minimum Gasteiger partial charge on any atom is -0.462 e. The highest BCUT2D eigenvalue weighted by molar-refractivity contribution is 6.25. The Hall–Kier alpha value is -2.87. The molecule has 1 atom stereocenters. The summed E-state index contributed by atoms with van der Waals surface area (Å²) >= 11 is 0. The lowest BCUT2D eigenvalue weighted by atomic mass is 9.96. The van der Waals surface area contributed by atoms with Crippen molar-refractivity contribution in [3.63, 3.8) is 0 Å². The Bertz CT molecular complexity index is 835. The topological polar surface area (TPSA) is 60.5 Å². The van der Waals surface area contributed by atoms with Crippen molar-refractivity contribution in [3.05, 3.63) is 71.4 Å². The number of carbonyl (C=O) groups excluding carboxylic acids is 1. The molecule has 1 aromatic heterocycles. The third kappa shape index (κ3) is 3.55. The van der Waals surface area contributed by atoms with Crippen LogP contribution < -0.4 is 5.32 Å². The number of hydrogen-bond donors (Lipinski definition) is 1. The van der Waals surface area contributed by atoms with E-state index in [1.165, 1.54) is 25.4 Å². The Labute approximate surface area is 147 Å². The molecule has 3 rings (SSSR count). The molecule has 136 valence electrons. The van der Waals surface area contributed by atoms with Crippen LogP contribution in [0.2, 0.25) is 0 Å². The van der Waals surface area contributed by atoms with Crippen LogP contribution in [-0.2, 0) is 20.4 Å². The SMILES string of the molecule is COCNC1=C(c2cccc(C(F)(F)F)c2)C(=O)C(c2cccnc2)O1. The molecule has 1 unspecified atom stereocenters. The van der Waals surface area contributed by atoms with E-state index in [1.807, 2.05) is 0 Å². The Balaban J connectivity index is 2.02. The molecule has 0 fully saturated rings. The number of hydrogen-bond acceptors (Lipinski definition) is 5. The van der Waals surface area contributed by atoms with Crippen molar-refractivity contribution >= 4 is 11.4 Å². The summed E-state index contributed by atoms with van der Waals surface area (Å²) in [6.07, 6.45) is -2.46. The number of alkyl halides is 3. The first kappa shape index (κ1) is 17.9. The third-order valence-corrected chi connectivity index (χ3v) is 3.79. The number of aromatic nitrogens is 1. The summed E-state index contributed by atoms with van der Waals surface area (Å²) in [7, 11) is 1.44. The first-order valence-electron chi connectivity index (χ1n) is 7.67. The quantitative estimate of drug-likeness (QED) is 0.825. The van der Waals surface area contributed by atoms with E-state index < -0.39 is 23.6 Å². The Morgan fingerprint density at radius 1 is 1.27 bits per heavy atom. The van der Waals surface area contributed by atoms with Gasteiger partial charge in [0.1, 0.15) is 6.73 Å². The van der Waals surface area contributed by atoms with Crippen LogP contribution in [0.5, 0.6) is 0 Å². The van der Waals surface area contributed by atoms with Crippen LogP contribution in [0.15, 0.2) is 54.7 Å². The standard InChI is InChI=1S/C18H15F3N2O3/c1-25-10-23-17-14(11-4-2-6-13(8-11)18(19,20)21)15(24)16(26-17)12-5-3-7-22-9-12/h2-9,16,23H,10H2,1H3. The van der Waals surface area contributed by atoms with Crippen molar-refractivity contribution in [2.45, 2.75) is 12.3 Å². The van der Waals surface area contributed by atoms with Crippen molar-refractivity contribution in [2.24, 2.45) is 0 Å². The van der Waals surface area contributed by atoms with Crippen LogP contribution in [0.25, 0.3) is 5.57 Å². The molecule has 0 spiro atoms. The Kier molecular flexibility index (Phi) is 4.94. The average molecular weight is 364 g/mol. The molecular weight excluding hydrogens is 349 g/mol. The second kappa shape index (κ2) is 7.17. The summed E-state index contributed by atoms with van der Waals surface area (Å²) in [5.41, 5.74) is -0.167. The molecular formula is C18H15F3N2O3. The highest BCUT2D eigenvalue weighted by atomic mass is 19.4. The van der Waals surface area contributed by atoms with Crippen molar-refractivity contribution in [1.82, 2.24) is 10.3 Å². The lowest BCUT2D eigenvalue weighted by Crippen LogP contribution is -2.17. The molecule has 1 aliphatic heterocycles. The minimum atomic E-state index is -4.51. The number of benzene rings is 1. The van der Waals surface area contributed by atoms with Crippen molar-refractivity contribution in [3.8, 4) is 0 Å². The summed E-state index contributed by atoms with van der Waals surface area (Å²) in [5, 5.41) is 2.78. The van der Waals surface area contributed by atoms with Gasteiger partial charge in [-0.15, -0.1) is 0 Å². The number of carbonyl (C=O) groups is 1. The summed E-state index contributed by atoms with van der Waals surface area (Å²) in [5.74, 6) is -0.374. The number of pyridine rings is 1. The number of rotatable bonds is 5. The van der Waals surface area contributed by atoms with Gasteiger partial charge in [-0.3, -0.25) is 9.78 Å². The highest BCUT2D eigenvalue weighted by Gasteiger charge is 2.38. The van der Waals surface area contributed by atoms with Gasteiger partial charge < -0.3 is 14.8 Å². The lowest BCUT2D eigenvalue weighted by Gasteiger charge is -2.12. The van der Waals surface area contributed by atoms with E-state index in [0.29, 0.717) is 5.56 Å². The predicted octanol–water partition coefficient (Wildman–Crippen LogP) is 3.30. The number of halogens is 3. The van der Waals surface area contributed by atoms with E-state index in [0.717, 1.165) is 12.1 Å². The second-order valence-electron chi connectivity index (χ2n) is 5.54. The normalized spacial score (nSPS) is 17.4. The van der Waals surface area contributed by atoms with Crippen LogP contribution in [0, 0.1) is 0 Å². The Morgan fingerprint density at radius 2 is 2.08 bits per heavy atom. The van der Waals surface area contributed by atoms with Crippen LogP contribution in [0.1, 0.15) is 22.8 Å². The second-order valence-corrected chi connectivity index (χ2v) is 5.54. The van der Waals surface area contributed by atoms with Gasteiger partial charge in [0.2, 0.25) is 11.7 Å². The molecule has 0 radical (unpaired) electrons. The summed E-state index contributed by atoms with van der Waals surface area (Å²) in [6, 6.07) is 7.88. The molecule has 1 aliphatic rings. The van der Waals surface area contributed by atoms with Gasteiger partial charge in [0, 0.05) is 25.1 Å². The number of methoxy groups -OCH3 is 1. The third-order valence-electron chi connectivity index (χ3n) is 3.79. The largest absolute Gasteiger partial charge is 0.462 e. The fraction of sp³-hybridized carbons (Fsp3) is 0.222. The number of nitrogens with one attached hydrogen (secondary N) is 1. The predicted molar refractivity (Wildman–Crippen MR) is 86.4 cm³/mol. The molecule has 26 heavy (non-hydrogen) atoms. The van der Waals surface area contributed by atoms with E-state index in [1.54, 1.807) is 18.3 Å². The molecule has 0 aliphatic carbocycles. The number of nitrogens with zero attached hydrogens (tertiary/aromatic N) is 1. The van der Waals surface area contributed by atoms with Gasteiger partial charge in [-0.2, -0.15) is 13.2 Å². The lowest BCUT2D eigenvalue weighted by molar-refractivity contribution is -0.137. The van der Waals surface area contributed by atoms with Crippen LogP contribution in [0.3, 0.4) is 0 Å². The monoisotopic (exact) mass is 364 g/mol. The molecule has 1 N–H and O–H groups in total. The van der Waals surface area contributed by atoms with E-state index >= 15 is 0 Å². The first-order chi connectivity index (χ1) is 12.4. The maximum Gasteiger partial charge on any atom is 0.416 e. The molecule has 8 heteroatoms. The fourth-order valence-corrected chi connectivity index (χ4v) is 2.62. The zero-order valence-corrected chi connectivity index (χ0v) is 13.7. The molecule has 5 nitrogen and oxygen atoms in total. The van der Waals surface area contributed by atoms with Gasteiger partial charge in [-0.1, -0.05) is 18.2 Å². The fourth-order valence-electron chi connectivity index (χ4n) is 2.62. The van der Waals surface area contributed by atoms with Crippen LogP contribution >= 0.6 is 0 Å². The smallest absolute Gasteiger partial charge is 0.416 e. The number of Topliss-reactive ketones (excluding diaryl/α,β-unsaturated/α-hetero) is 1. The first-order valence-corrected chi connectivity index (χ1v) is 7.67. The van der Waals surface area contributed by atoms with Crippen LogP contribution in [-0.4, -0.2) is 24.6 Å². The molecule has 0 bridgehead atoms. The highest BCUT2D eigenvalue weighted by Crippen LogP contribution is 2.38. The molecule has 0 saturated heterocycles. The zero-order chi connectivity index (χ0) is 18.7. The minimum absolute atomic E-state index is 0.0326.